The zero-order valence-corrected chi connectivity index (χ0v) is 9.88. The lowest BCUT2D eigenvalue weighted by Gasteiger charge is -2.23. The lowest BCUT2D eigenvalue weighted by Crippen LogP contribution is -2.19. The fourth-order valence-electron chi connectivity index (χ4n) is 2.53. The number of aliphatic hydroxyl groups is 1. The van der Waals surface area contributed by atoms with Crippen LogP contribution in [0.1, 0.15) is 30.1 Å². The normalized spacial score (nSPS) is 18.3. The van der Waals surface area contributed by atoms with Crippen LogP contribution in [0, 0.1) is 5.82 Å². The first kappa shape index (κ1) is 11.4. The largest absolute Gasteiger partial charge is 0.387 e. The molecule has 0 saturated heterocycles. The van der Waals surface area contributed by atoms with Gasteiger partial charge in [0.05, 0.1) is 12.3 Å². The first-order valence-corrected chi connectivity index (χ1v) is 6.07. The van der Waals surface area contributed by atoms with Crippen LogP contribution in [0.25, 0.3) is 0 Å². The molecule has 1 aliphatic rings. The van der Waals surface area contributed by atoms with E-state index in [-0.39, 0.29) is 5.41 Å². The Morgan fingerprint density at radius 2 is 1.89 bits per heavy atom. The van der Waals surface area contributed by atoms with E-state index >= 15 is 0 Å². The van der Waals surface area contributed by atoms with Crippen LogP contribution in [0.5, 0.6) is 0 Å². The predicted octanol–water partition coefficient (Wildman–Crippen LogP) is 2.99. The monoisotopic (exact) mass is 243 g/mol. The van der Waals surface area contributed by atoms with Gasteiger partial charge >= 0.3 is 0 Å². The van der Waals surface area contributed by atoms with Crippen LogP contribution >= 0.6 is 0 Å². The lowest BCUT2D eigenvalue weighted by molar-refractivity contribution is 0.128. The summed E-state index contributed by atoms with van der Waals surface area (Å²) in [5, 5.41) is 10.5. The summed E-state index contributed by atoms with van der Waals surface area (Å²) in [5.41, 5.74) is 1.10. The molecule has 2 aromatic rings. The second kappa shape index (κ2) is 4.18. The summed E-state index contributed by atoms with van der Waals surface area (Å²) < 4.78 is 13.7. The standard InChI is InChI=1S/C15H14FNO/c16-13-10-17-9-6-12(13)14(18)15(7-8-15)11-4-2-1-3-5-11/h1-6,9-10,14,18H,7-8H2. The maximum atomic E-state index is 13.7. The van der Waals surface area contributed by atoms with Crippen LogP contribution in [0.3, 0.4) is 0 Å². The Labute approximate surface area is 105 Å². The van der Waals surface area contributed by atoms with Crippen molar-refractivity contribution >= 4 is 0 Å². The van der Waals surface area contributed by atoms with Crippen molar-refractivity contribution in [2.24, 2.45) is 0 Å². The molecule has 3 rings (SSSR count). The van der Waals surface area contributed by atoms with Crippen LogP contribution < -0.4 is 0 Å². The van der Waals surface area contributed by atoms with E-state index in [1.54, 1.807) is 6.07 Å². The quantitative estimate of drug-likeness (QED) is 0.899. The second-order valence-corrected chi connectivity index (χ2v) is 4.82. The molecule has 1 N–H and O–H groups in total. The van der Waals surface area contributed by atoms with E-state index in [1.165, 1.54) is 6.20 Å². The van der Waals surface area contributed by atoms with Gasteiger partial charge in [-0.3, -0.25) is 4.98 Å². The van der Waals surface area contributed by atoms with Crippen LogP contribution in [0.15, 0.2) is 48.8 Å². The SMILES string of the molecule is OC(c1ccncc1F)C1(c2ccccc2)CC1. The summed E-state index contributed by atoms with van der Waals surface area (Å²) in [5.74, 6) is -0.438. The number of pyridine rings is 1. The van der Waals surface area contributed by atoms with Gasteiger partial charge in [-0.05, 0) is 24.5 Å². The first-order chi connectivity index (χ1) is 8.74. The van der Waals surface area contributed by atoms with Crippen molar-refractivity contribution in [3.8, 4) is 0 Å². The Morgan fingerprint density at radius 1 is 1.17 bits per heavy atom. The Hall–Kier alpha value is -1.74. The Bertz CT molecular complexity index is 551. The smallest absolute Gasteiger partial charge is 0.147 e. The Morgan fingerprint density at radius 3 is 2.50 bits per heavy atom. The number of nitrogens with zero attached hydrogens (tertiary/aromatic N) is 1. The molecule has 1 aromatic carbocycles. The van der Waals surface area contributed by atoms with Gasteiger partial charge in [-0.1, -0.05) is 30.3 Å². The molecular formula is C15H14FNO. The predicted molar refractivity (Wildman–Crippen MR) is 66.5 cm³/mol. The zero-order valence-electron chi connectivity index (χ0n) is 9.88. The van der Waals surface area contributed by atoms with E-state index in [0.29, 0.717) is 5.56 Å². The molecule has 1 aromatic heterocycles. The zero-order chi connectivity index (χ0) is 12.6. The summed E-state index contributed by atoms with van der Waals surface area (Å²) in [4.78, 5) is 3.72. The molecule has 1 saturated carbocycles. The molecule has 92 valence electrons. The molecule has 18 heavy (non-hydrogen) atoms. The average molecular weight is 243 g/mol. The minimum absolute atomic E-state index is 0.316. The maximum Gasteiger partial charge on any atom is 0.147 e. The molecule has 0 amide bonds. The van der Waals surface area contributed by atoms with Crippen molar-refractivity contribution in [1.82, 2.24) is 4.98 Å². The minimum Gasteiger partial charge on any atom is -0.387 e. The van der Waals surface area contributed by atoms with E-state index in [4.69, 9.17) is 0 Å². The van der Waals surface area contributed by atoms with Gasteiger partial charge in [-0.25, -0.2) is 4.39 Å². The van der Waals surface area contributed by atoms with Gasteiger partial charge in [0, 0.05) is 17.2 Å². The summed E-state index contributed by atoms with van der Waals surface area (Å²) in [7, 11) is 0. The maximum absolute atomic E-state index is 13.7. The van der Waals surface area contributed by atoms with Gasteiger partial charge in [-0.2, -0.15) is 0 Å². The number of aromatic nitrogens is 1. The molecule has 1 aliphatic carbocycles. The highest BCUT2D eigenvalue weighted by Gasteiger charge is 2.51. The summed E-state index contributed by atoms with van der Waals surface area (Å²) >= 11 is 0. The highest BCUT2D eigenvalue weighted by molar-refractivity contribution is 5.37. The molecular weight excluding hydrogens is 229 g/mol. The highest BCUT2D eigenvalue weighted by atomic mass is 19.1. The molecule has 2 nitrogen and oxygen atoms in total. The van der Waals surface area contributed by atoms with Gasteiger partial charge in [0.2, 0.25) is 0 Å². The van der Waals surface area contributed by atoms with E-state index in [9.17, 15) is 9.50 Å². The van der Waals surface area contributed by atoms with Gasteiger partial charge < -0.3 is 5.11 Å². The fraction of sp³-hybridized carbons (Fsp3) is 0.267. The minimum atomic E-state index is -0.803. The number of rotatable bonds is 3. The number of halogens is 1. The third kappa shape index (κ3) is 1.71. The molecule has 0 radical (unpaired) electrons. The second-order valence-electron chi connectivity index (χ2n) is 4.82. The molecule has 1 heterocycles. The lowest BCUT2D eigenvalue weighted by atomic mass is 9.86. The van der Waals surface area contributed by atoms with E-state index < -0.39 is 11.9 Å². The van der Waals surface area contributed by atoms with Crippen LogP contribution in [-0.2, 0) is 5.41 Å². The Kier molecular flexibility index (Phi) is 2.63. The van der Waals surface area contributed by atoms with Crippen LogP contribution in [0.4, 0.5) is 4.39 Å². The third-order valence-electron chi connectivity index (χ3n) is 3.76. The van der Waals surface area contributed by atoms with Gasteiger partial charge in [0.1, 0.15) is 5.82 Å². The van der Waals surface area contributed by atoms with Crippen molar-refractivity contribution in [3.63, 3.8) is 0 Å². The van der Waals surface area contributed by atoms with Crippen molar-refractivity contribution in [1.29, 1.82) is 0 Å². The molecule has 1 fully saturated rings. The van der Waals surface area contributed by atoms with Crippen molar-refractivity contribution in [2.75, 3.05) is 0 Å². The summed E-state index contributed by atoms with van der Waals surface area (Å²) in [6.45, 7) is 0. The topological polar surface area (TPSA) is 33.1 Å². The highest BCUT2D eigenvalue weighted by Crippen LogP contribution is 2.56. The number of hydrogen-bond acceptors (Lipinski definition) is 2. The summed E-state index contributed by atoms with van der Waals surface area (Å²) in [6, 6.07) is 11.4. The molecule has 0 bridgehead atoms. The van der Waals surface area contributed by atoms with Gasteiger partial charge in [0.15, 0.2) is 0 Å². The van der Waals surface area contributed by atoms with E-state index in [2.05, 4.69) is 4.98 Å². The third-order valence-corrected chi connectivity index (χ3v) is 3.76. The van der Waals surface area contributed by atoms with Crippen LogP contribution in [-0.4, -0.2) is 10.1 Å². The summed E-state index contributed by atoms with van der Waals surface area (Å²) in [6.07, 6.45) is 3.64. The molecule has 1 unspecified atom stereocenters. The van der Waals surface area contributed by atoms with Crippen LogP contribution in [0.2, 0.25) is 0 Å². The number of hydrogen-bond donors (Lipinski definition) is 1. The van der Waals surface area contributed by atoms with Crippen molar-refractivity contribution in [3.05, 3.63) is 65.7 Å². The molecule has 3 heteroatoms. The van der Waals surface area contributed by atoms with Crippen molar-refractivity contribution < 1.29 is 9.50 Å². The van der Waals surface area contributed by atoms with E-state index in [1.807, 2.05) is 30.3 Å². The molecule has 0 spiro atoms. The number of benzene rings is 1. The Balaban J connectivity index is 1.98. The van der Waals surface area contributed by atoms with Crippen molar-refractivity contribution in [2.45, 2.75) is 24.4 Å². The van der Waals surface area contributed by atoms with Gasteiger partial charge in [0.25, 0.3) is 0 Å². The van der Waals surface area contributed by atoms with Gasteiger partial charge in [-0.15, -0.1) is 0 Å². The fourth-order valence-corrected chi connectivity index (χ4v) is 2.53. The van der Waals surface area contributed by atoms with E-state index in [0.717, 1.165) is 24.6 Å². The first-order valence-electron chi connectivity index (χ1n) is 6.07. The molecule has 1 atom stereocenters. The number of aliphatic hydroxyl groups excluding tert-OH is 1. The molecule has 0 aliphatic heterocycles. The average Bonchev–Trinajstić information content (AvgIpc) is 3.21.